The van der Waals surface area contributed by atoms with E-state index in [0.29, 0.717) is 5.92 Å². The van der Waals surface area contributed by atoms with Gasteiger partial charge in [0.15, 0.2) is 0 Å². The first-order valence-corrected chi connectivity index (χ1v) is 5.96. The molecule has 0 spiro atoms. The van der Waals surface area contributed by atoms with E-state index < -0.39 is 0 Å². The fraction of sp³-hybridized carbons (Fsp3) is 0.357. The average molecular weight is 232 g/mol. The number of nitrogens with zero attached hydrogens (tertiary/aromatic N) is 1. The number of benzene rings is 1. The number of anilines is 1. The first-order valence-electron chi connectivity index (χ1n) is 5.96. The molecule has 0 aliphatic rings. The van der Waals surface area contributed by atoms with E-state index >= 15 is 0 Å². The Morgan fingerprint density at radius 3 is 2.71 bits per heavy atom. The maximum Gasteiger partial charge on any atom is 0.130 e. The first-order chi connectivity index (χ1) is 8.11. The first kappa shape index (κ1) is 11.8. The molecule has 0 aliphatic carbocycles. The van der Waals surface area contributed by atoms with Crippen LogP contribution in [0, 0.1) is 5.82 Å². The Morgan fingerprint density at radius 2 is 2.06 bits per heavy atom. The highest BCUT2D eigenvalue weighted by molar-refractivity contribution is 5.82. The topological polar surface area (TPSA) is 24.9 Å². The van der Waals surface area contributed by atoms with Gasteiger partial charge in [0, 0.05) is 11.9 Å². The molecular weight excluding hydrogens is 215 g/mol. The zero-order valence-electron chi connectivity index (χ0n) is 10.4. The van der Waals surface area contributed by atoms with Crippen LogP contribution in [0.3, 0.4) is 0 Å². The molecule has 1 N–H and O–H groups in total. The number of halogens is 1. The summed E-state index contributed by atoms with van der Waals surface area (Å²) in [5, 5.41) is 4.12. The van der Waals surface area contributed by atoms with Crippen molar-refractivity contribution >= 4 is 16.7 Å². The molecule has 0 atom stereocenters. The Labute approximate surface area is 101 Å². The molecule has 1 aromatic heterocycles. The smallest absolute Gasteiger partial charge is 0.130 e. The monoisotopic (exact) mass is 232 g/mol. The van der Waals surface area contributed by atoms with Crippen molar-refractivity contribution in [2.75, 3.05) is 11.9 Å². The van der Waals surface area contributed by atoms with Gasteiger partial charge < -0.3 is 5.32 Å². The summed E-state index contributed by atoms with van der Waals surface area (Å²) in [4.78, 5) is 4.55. The van der Waals surface area contributed by atoms with Gasteiger partial charge in [0.25, 0.3) is 0 Å². The lowest BCUT2D eigenvalue weighted by molar-refractivity contribution is 0.629. The van der Waals surface area contributed by atoms with Crippen LogP contribution in [0.4, 0.5) is 10.2 Å². The predicted octanol–water partition coefficient (Wildman–Crippen LogP) is 3.93. The van der Waals surface area contributed by atoms with Crippen molar-refractivity contribution in [2.24, 2.45) is 0 Å². The molecule has 2 aromatic rings. The van der Waals surface area contributed by atoms with Crippen molar-refractivity contribution in [3.8, 4) is 0 Å². The van der Waals surface area contributed by atoms with Crippen LogP contribution < -0.4 is 5.32 Å². The summed E-state index contributed by atoms with van der Waals surface area (Å²) in [6.07, 6.45) is 0. The largest absolute Gasteiger partial charge is 0.370 e. The fourth-order valence-electron chi connectivity index (χ4n) is 1.91. The third-order valence-corrected chi connectivity index (χ3v) is 2.77. The molecule has 0 fully saturated rings. The van der Waals surface area contributed by atoms with E-state index in [9.17, 15) is 4.39 Å². The molecular formula is C14H17FN2. The molecule has 17 heavy (non-hydrogen) atoms. The Bertz CT molecular complexity index is 535. The molecule has 2 rings (SSSR count). The number of hydrogen-bond acceptors (Lipinski definition) is 2. The van der Waals surface area contributed by atoms with E-state index in [-0.39, 0.29) is 5.82 Å². The third kappa shape index (κ3) is 2.38. The van der Waals surface area contributed by atoms with Gasteiger partial charge in [-0.1, -0.05) is 13.8 Å². The van der Waals surface area contributed by atoms with E-state index in [0.717, 1.165) is 28.8 Å². The van der Waals surface area contributed by atoms with Crippen molar-refractivity contribution < 1.29 is 4.39 Å². The number of pyridine rings is 1. The Balaban J connectivity index is 2.63. The quantitative estimate of drug-likeness (QED) is 0.867. The van der Waals surface area contributed by atoms with Gasteiger partial charge in [-0.05, 0) is 42.7 Å². The minimum absolute atomic E-state index is 0.217. The van der Waals surface area contributed by atoms with E-state index in [1.165, 1.54) is 12.1 Å². The van der Waals surface area contributed by atoms with Crippen LogP contribution in [0.25, 0.3) is 10.9 Å². The molecule has 0 unspecified atom stereocenters. The maximum atomic E-state index is 13.2. The molecule has 3 heteroatoms. The molecule has 1 aromatic carbocycles. The van der Waals surface area contributed by atoms with E-state index in [1.807, 2.05) is 13.0 Å². The second kappa shape index (κ2) is 4.70. The lowest BCUT2D eigenvalue weighted by Crippen LogP contribution is -2.05. The van der Waals surface area contributed by atoms with Gasteiger partial charge in [0.1, 0.15) is 11.6 Å². The van der Waals surface area contributed by atoms with Gasteiger partial charge in [-0.2, -0.15) is 0 Å². The van der Waals surface area contributed by atoms with Gasteiger partial charge >= 0.3 is 0 Å². The average Bonchev–Trinajstić information content (AvgIpc) is 2.28. The summed E-state index contributed by atoms with van der Waals surface area (Å²) in [6, 6.07) is 6.72. The standard InChI is InChI=1S/C14H17FN2/c1-4-16-14-12(9(2)3)8-10-7-11(15)5-6-13(10)17-14/h5-9H,4H2,1-3H3,(H,16,17). The summed E-state index contributed by atoms with van der Waals surface area (Å²) in [5.41, 5.74) is 1.96. The van der Waals surface area contributed by atoms with Crippen molar-refractivity contribution in [2.45, 2.75) is 26.7 Å². The zero-order chi connectivity index (χ0) is 12.4. The highest BCUT2D eigenvalue weighted by atomic mass is 19.1. The van der Waals surface area contributed by atoms with Gasteiger partial charge in [0.2, 0.25) is 0 Å². The minimum atomic E-state index is -0.217. The Morgan fingerprint density at radius 1 is 1.29 bits per heavy atom. The number of fused-ring (bicyclic) bond motifs is 1. The van der Waals surface area contributed by atoms with Crippen LogP contribution in [-0.4, -0.2) is 11.5 Å². The van der Waals surface area contributed by atoms with Crippen LogP contribution in [0.2, 0.25) is 0 Å². The van der Waals surface area contributed by atoms with E-state index in [2.05, 4.69) is 24.1 Å². The van der Waals surface area contributed by atoms with Crippen LogP contribution in [0.1, 0.15) is 32.3 Å². The number of aromatic nitrogens is 1. The number of nitrogens with one attached hydrogen (secondary N) is 1. The molecule has 1 heterocycles. The van der Waals surface area contributed by atoms with E-state index in [1.54, 1.807) is 6.07 Å². The number of hydrogen-bond donors (Lipinski definition) is 1. The molecule has 0 aliphatic heterocycles. The lowest BCUT2D eigenvalue weighted by atomic mass is 10.0. The van der Waals surface area contributed by atoms with Crippen LogP contribution >= 0.6 is 0 Å². The van der Waals surface area contributed by atoms with Crippen LogP contribution in [0.5, 0.6) is 0 Å². The summed E-state index contributed by atoms with van der Waals surface area (Å²) in [7, 11) is 0. The second-order valence-corrected chi connectivity index (χ2v) is 4.45. The van der Waals surface area contributed by atoms with Gasteiger partial charge in [0.05, 0.1) is 5.52 Å². The van der Waals surface area contributed by atoms with Crippen molar-refractivity contribution in [1.29, 1.82) is 0 Å². The van der Waals surface area contributed by atoms with E-state index in [4.69, 9.17) is 0 Å². The minimum Gasteiger partial charge on any atom is -0.370 e. The Hall–Kier alpha value is -1.64. The molecule has 0 saturated carbocycles. The molecule has 0 radical (unpaired) electrons. The van der Waals surface area contributed by atoms with Crippen molar-refractivity contribution in [3.63, 3.8) is 0 Å². The summed E-state index contributed by atoms with van der Waals surface area (Å²) >= 11 is 0. The second-order valence-electron chi connectivity index (χ2n) is 4.45. The van der Waals surface area contributed by atoms with Gasteiger partial charge in [-0.25, -0.2) is 9.37 Å². The molecule has 0 bridgehead atoms. The van der Waals surface area contributed by atoms with Gasteiger partial charge in [-0.15, -0.1) is 0 Å². The van der Waals surface area contributed by atoms with Gasteiger partial charge in [-0.3, -0.25) is 0 Å². The Kier molecular flexibility index (Phi) is 3.27. The lowest BCUT2D eigenvalue weighted by Gasteiger charge is -2.14. The third-order valence-electron chi connectivity index (χ3n) is 2.77. The van der Waals surface area contributed by atoms with Crippen molar-refractivity contribution in [3.05, 3.63) is 35.6 Å². The molecule has 0 saturated heterocycles. The summed E-state index contributed by atoms with van der Waals surface area (Å²) in [5.74, 6) is 1.05. The molecule has 90 valence electrons. The van der Waals surface area contributed by atoms with Crippen LogP contribution in [0.15, 0.2) is 24.3 Å². The maximum absolute atomic E-state index is 13.2. The zero-order valence-corrected chi connectivity index (χ0v) is 10.4. The summed E-state index contributed by atoms with van der Waals surface area (Å²) < 4.78 is 13.2. The summed E-state index contributed by atoms with van der Waals surface area (Å²) in [6.45, 7) is 7.10. The SMILES string of the molecule is CCNc1nc2ccc(F)cc2cc1C(C)C. The van der Waals surface area contributed by atoms with Crippen LogP contribution in [-0.2, 0) is 0 Å². The number of rotatable bonds is 3. The van der Waals surface area contributed by atoms with Crippen molar-refractivity contribution in [1.82, 2.24) is 4.98 Å². The molecule has 0 amide bonds. The fourth-order valence-corrected chi connectivity index (χ4v) is 1.91. The highest BCUT2D eigenvalue weighted by Crippen LogP contribution is 2.27. The molecule has 2 nitrogen and oxygen atoms in total. The normalized spacial score (nSPS) is 11.1. The predicted molar refractivity (Wildman–Crippen MR) is 70.0 cm³/mol. The highest BCUT2D eigenvalue weighted by Gasteiger charge is 2.10.